The van der Waals surface area contributed by atoms with Gasteiger partial charge in [0.05, 0.1) is 7.11 Å². The second-order valence-corrected chi connectivity index (χ2v) is 5.59. The first-order chi connectivity index (χ1) is 13.7. The van der Waals surface area contributed by atoms with E-state index in [4.69, 9.17) is 15.3 Å². The third kappa shape index (κ3) is 5.99. The molecule has 29 heavy (non-hydrogen) atoms. The van der Waals surface area contributed by atoms with Gasteiger partial charge in [0.25, 0.3) is 5.91 Å². The van der Waals surface area contributed by atoms with Crippen molar-refractivity contribution in [1.82, 2.24) is 0 Å². The minimum Gasteiger partial charge on any atom is -0.493 e. The molecule has 0 aliphatic heterocycles. The van der Waals surface area contributed by atoms with Gasteiger partial charge >= 0.3 is 6.61 Å². The van der Waals surface area contributed by atoms with Crippen molar-refractivity contribution in [1.29, 1.82) is 0 Å². The molecule has 0 spiro atoms. The van der Waals surface area contributed by atoms with E-state index in [1.165, 1.54) is 38.3 Å². The highest BCUT2D eigenvalue weighted by Gasteiger charge is 2.17. The van der Waals surface area contributed by atoms with Crippen molar-refractivity contribution in [3.8, 4) is 11.5 Å². The van der Waals surface area contributed by atoms with E-state index in [1.807, 2.05) is 0 Å². The Morgan fingerprint density at radius 3 is 2.45 bits per heavy atom. The van der Waals surface area contributed by atoms with Gasteiger partial charge in [-0.2, -0.15) is 8.78 Å². The molecule has 2 aromatic rings. The number of benzene rings is 2. The number of amides is 1. The summed E-state index contributed by atoms with van der Waals surface area (Å²) < 4.78 is 60.1. The summed E-state index contributed by atoms with van der Waals surface area (Å²) in [5.41, 5.74) is 6.05. The third-order valence-corrected chi connectivity index (χ3v) is 3.54. The summed E-state index contributed by atoms with van der Waals surface area (Å²) in [6, 6.07) is 6.70. The van der Waals surface area contributed by atoms with Gasteiger partial charge in [0.1, 0.15) is 0 Å². The maximum Gasteiger partial charge on any atom is 0.387 e. The van der Waals surface area contributed by atoms with Crippen LogP contribution in [0.15, 0.2) is 41.6 Å². The molecule has 0 aliphatic carbocycles. The van der Waals surface area contributed by atoms with E-state index < -0.39 is 30.3 Å². The lowest BCUT2D eigenvalue weighted by atomic mass is 10.2. The molecule has 0 fully saturated rings. The molecule has 1 amide bonds. The van der Waals surface area contributed by atoms with Crippen molar-refractivity contribution in [3.05, 3.63) is 53.6 Å². The largest absolute Gasteiger partial charge is 0.493 e. The number of alkyl halides is 2. The summed E-state index contributed by atoms with van der Waals surface area (Å²) in [5.74, 6) is -3.23. The predicted molar refractivity (Wildman–Crippen MR) is 95.9 cm³/mol. The van der Waals surface area contributed by atoms with Gasteiger partial charge in [-0.05, 0) is 37.3 Å². The zero-order valence-corrected chi connectivity index (χ0v) is 15.3. The van der Waals surface area contributed by atoms with Crippen molar-refractivity contribution in [3.63, 3.8) is 0 Å². The first-order valence-electron chi connectivity index (χ1n) is 8.09. The molecule has 2 rings (SSSR count). The Bertz CT molecular complexity index is 909. The zero-order chi connectivity index (χ0) is 21.6. The van der Waals surface area contributed by atoms with Crippen molar-refractivity contribution >= 4 is 17.4 Å². The molecule has 3 N–H and O–H groups in total. The average Bonchev–Trinajstić information content (AvgIpc) is 2.68. The molecule has 0 bridgehead atoms. The molecular formula is C18H17F4N3O4. The van der Waals surface area contributed by atoms with Crippen LogP contribution in [0.1, 0.15) is 12.5 Å². The topological polar surface area (TPSA) is 95.2 Å². The number of hydrogen-bond acceptors (Lipinski definition) is 5. The first kappa shape index (κ1) is 21.8. The summed E-state index contributed by atoms with van der Waals surface area (Å²) in [7, 11) is 1.26. The van der Waals surface area contributed by atoms with Crippen LogP contribution in [0, 0.1) is 11.6 Å². The number of amidine groups is 1. The fourth-order valence-corrected chi connectivity index (χ4v) is 2.07. The number of ether oxygens (including phenoxy) is 2. The molecule has 7 nitrogen and oxygen atoms in total. The van der Waals surface area contributed by atoms with Gasteiger partial charge < -0.3 is 25.4 Å². The number of nitrogens with two attached hydrogens (primary N) is 1. The molecule has 0 saturated carbocycles. The van der Waals surface area contributed by atoms with E-state index in [2.05, 4.69) is 15.2 Å². The fourth-order valence-electron chi connectivity index (χ4n) is 2.07. The molecule has 11 heteroatoms. The molecular weight excluding hydrogens is 398 g/mol. The number of carbonyl (C=O) groups is 1. The van der Waals surface area contributed by atoms with Crippen LogP contribution in [0.2, 0.25) is 0 Å². The molecule has 0 heterocycles. The molecule has 0 aliphatic rings. The van der Waals surface area contributed by atoms with Crippen LogP contribution < -0.4 is 20.5 Å². The number of nitrogens with zero attached hydrogens (tertiary/aromatic N) is 1. The number of oxime groups is 1. The standard InChI is InChI=1S/C18H17F4N3O4/c1-9(17(26)24-11-4-5-12(19)13(20)8-11)29-25-16(23)10-3-6-14(28-18(21)22)15(7-10)27-2/h3-9,18H,1-2H3,(H2,23,25)(H,24,26). The minimum absolute atomic E-state index is 0.00919. The van der Waals surface area contributed by atoms with Gasteiger partial charge in [0.15, 0.2) is 29.0 Å². The number of nitrogens with one attached hydrogen (secondary N) is 1. The second kappa shape index (κ2) is 9.62. The lowest BCUT2D eigenvalue weighted by molar-refractivity contribution is -0.126. The number of methoxy groups -OCH3 is 1. The van der Waals surface area contributed by atoms with Crippen molar-refractivity contribution in [2.75, 3.05) is 12.4 Å². The Kier molecular flexibility index (Phi) is 7.23. The Balaban J connectivity index is 2.03. The van der Waals surface area contributed by atoms with Crippen molar-refractivity contribution in [2.24, 2.45) is 10.9 Å². The Labute approximate surface area is 163 Å². The number of hydrogen-bond donors (Lipinski definition) is 2. The average molecular weight is 415 g/mol. The van der Waals surface area contributed by atoms with Crippen LogP contribution >= 0.6 is 0 Å². The summed E-state index contributed by atoms with van der Waals surface area (Å²) in [6.45, 7) is -1.68. The van der Waals surface area contributed by atoms with Gasteiger partial charge in [-0.15, -0.1) is 0 Å². The number of rotatable bonds is 8. The third-order valence-electron chi connectivity index (χ3n) is 3.54. The maximum atomic E-state index is 13.2. The second-order valence-electron chi connectivity index (χ2n) is 5.59. The molecule has 0 radical (unpaired) electrons. The predicted octanol–water partition coefficient (Wildman–Crippen LogP) is 3.24. The van der Waals surface area contributed by atoms with E-state index in [0.717, 1.165) is 12.1 Å². The minimum atomic E-state index is -3.03. The monoisotopic (exact) mass is 415 g/mol. The maximum absolute atomic E-state index is 13.2. The summed E-state index contributed by atoms with van der Waals surface area (Å²) in [6.07, 6.45) is -1.13. The number of anilines is 1. The van der Waals surface area contributed by atoms with E-state index in [0.29, 0.717) is 0 Å². The quantitative estimate of drug-likeness (QED) is 0.299. The van der Waals surface area contributed by atoms with Crippen LogP contribution in [-0.4, -0.2) is 31.6 Å². The zero-order valence-electron chi connectivity index (χ0n) is 15.3. The van der Waals surface area contributed by atoms with Gasteiger partial charge in [-0.1, -0.05) is 5.16 Å². The highest BCUT2D eigenvalue weighted by atomic mass is 19.3. The van der Waals surface area contributed by atoms with E-state index in [-0.39, 0.29) is 28.6 Å². The highest BCUT2D eigenvalue weighted by Crippen LogP contribution is 2.29. The summed E-state index contributed by atoms with van der Waals surface area (Å²) in [4.78, 5) is 17.0. The van der Waals surface area contributed by atoms with Crippen LogP contribution in [0.25, 0.3) is 0 Å². The molecule has 2 aromatic carbocycles. The number of carbonyl (C=O) groups excluding carboxylic acids is 1. The van der Waals surface area contributed by atoms with Crippen LogP contribution in [0.4, 0.5) is 23.2 Å². The Morgan fingerprint density at radius 2 is 1.83 bits per heavy atom. The van der Waals surface area contributed by atoms with Crippen LogP contribution in [0.5, 0.6) is 11.5 Å². The Hall–Kier alpha value is -3.50. The van der Waals surface area contributed by atoms with Gasteiger partial charge in [0.2, 0.25) is 6.10 Å². The molecule has 0 saturated heterocycles. The normalized spacial score (nSPS) is 12.4. The SMILES string of the molecule is COc1cc(/C(N)=N/OC(C)C(=O)Nc2ccc(F)c(F)c2)ccc1OC(F)F. The van der Waals surface area contributed by atoms with Crippen LogP contribution in [-0.2, 0) is 9.63 Å². The number of halogens is 4. The lowest BCUT2D eigenvalue weighted by Gasteiger charge is -2.13. The molecule has 0 aromatic heterocycles. The molecule has 1 unspecified atom stereocenters. The van der Waals surface area contributed by atoms with Crippen molar-refractivity contribution in [2.45, 2.75) is 19.6 Å². The first-order valence-corrected chi connectivity index (χ1v) is 8.09. The van der Waals surface area contributed by atoms with E-state index >= 15 is 0 Å². The molecule has 1 atom stereocenters. The van der Waals surface area contributed by atoms with Gasteiger partial charge in [-0.3, -0.25) is 4.79 Å². The van der Waals surface area contributed by atoms with E-state index in [9.17, 15) is 22.4 Å². The molecule has 156 valence electrons. The lowest BCUT2D eigenvalue weighted by Crippen LogP contribution is -2.27. The summed E-state index contributed by atoms with van der Waals surface area (Å²) >= 11 is 0. The summed E-state index contributed by atoms with van der Waals surface area (Å²) in [5, 5.41) is 5.94. The van der Waals surface area contributed by atoms with E-state index in [1.54, 1.807) is 0 Å². The smallest absolute Gasteiger partial charge is 0.387 e. The van der Waals surface area contributed by atoms with Crippen molar-refractivity contribution < 1.29 is 36.7 Å². The highest BCUT2D eigenvalue weighted by molar-refractivity contribution is 5.98. The Morgan fingerprint density at radius 1 is 1.10 bits per heavy atom. The van der Waals surface area contributed by atoms with Gasteiger partial charge in [-0.25, -0.2) is 8.78 Å². The van der Waals surface area contributed by atoms with Crippen LogP contribution in [0.3, 0.4) is 0 Å². The fraction of sp³-hybridized carbons (Fsp3) is 0.222. The van der Waals surface area contributed by atoms with Gasteiger partial charge in [0, 0.05) is 17.3 Å².